The maximum atomic E-state index is 9.14. The van der Waals surface area contributed by atoms with E-state index in [9.17, 15) is 0 Å². The second kappa shape index (κ2) is 7.38. The molecule has 22 heavy (non-hydrogen) atoms. The Morgan fingerprint density at radius 1 is 1.23 bits per heavy atom. The molecule has 0 atom stereocenters. The van der Waals surface area contributed by atoms with Crippen molar-refractivity contribution in [2.24, 2.45) is 5.92 Å². The lowest BCUT2D eigenvalue weighted by Gasteiger charge is -2.30. The van der Waals surface area contributed by atoms with E-state index in [1.165, 1.54) is 0 Å². The summed E-state index contributed by atoms with van der Waals surface area (Å²) in [7, 11) is 0. The van der Waals surface area contributed by atoms with Crippen molar-refractivity contribution < 1.29 is 9.63 Å². The smallest absolute Gasteiger partial charge is 0.321 e. The molecule has 0 radical (unpaired) electrons. The van der Waals surface area contributed by atoms with Crippen molar-refractivity contribution in [2.75, 3.05) is 38.1 Å². The lowest BCUT2D eigenvalue weighted by molar-refractivity contribution is 0.134. The van der Waals surface area contributed by atoms with E-state index in [0.29, 0.717) is 24.4 Å². The van der Waals surface area contributed by atoms with E-state index in [2.05, 4.69) is 20.4 Å². The van der Waals surface area contributed by atoms with Gasteiger partial charge >= 0.3 is 6.01 Å². The number of aliphatic hydroxyl groups excluding tert-OH is 1. The maximum absolute atomic E-state index is 9.14. The molecule has 6 nitrogen and oxygen atoms in total. The molecule has 0 bridgehead atoms. The molecule has 1 fully saturated rings. The van der Waals surface area contributed by atoms with Crippen molar-refractivity contribution in [1.29, 1.82) is 0 Å². The highest BCUT2D eigenvalue weighted by atomic mass is 16.5. The van der Waals surface area contributed by atoms with Crippen LogP contribution in [-0.2, 0) is 0 Å². The number of anilines is 1. The van der Waals surface area contributed by atoms with Crippen molar-refractivity contribution in [2.45, 2.75) is 12.8 Å². The molecule has 0 spiro atoms. The molecule has 0 aliphatic carbocycles. The molecule has 0 amide bonds. The Bertz CT molecular complexity index is 565. The molecule has 1 aliphatic rings. The summed E-state index contributed by atoms with van der Waals surface area (Å²) >= 11 is 0. The Morgan fingerprint density at radius 3 is 2.73 bits per heavy atom. The predicted molar refractivity (Wildman–Crippen MR) is 84.5 cm³/mol. The molecule has 2 aromatic rings. The number of benzene rings is 1. The van der Waals surface area contributed by atoms with Gasteiger partial charge in [0.2, 0.25) is 5.82 Å². The highest BCUT2D eigenvalue weighted by Crippen LogP contribution is 2.17. The highest BCUT2D eigenvalue weighted by Gasteiger charge is 2.18. The molecule has 3 rings (SSSR count). The van der Waals surface area contributed by atoms with Crippen molar-refractivity contribution in [1.82, 2.24) is 15.0 Å². The minimum absolute atomic E-state index is 0.316. The van der Waals surface area contributed by atoms with Crippen LogP contribution in [0, 0.1) is 5.92 Å². The summed E-state index contributed by atoms with van der Waals surface area (Å²) in [5.74, 6) is 1.08. The van der Waals surface area contributed by atoms with Crippen LogP contribution in [-0.4, -0.2) is 52.9 Å². The van der Waals surface area contributed by atoms with Crippen molar-refractivity contribution in [3.8, 4) is 11.4 Å². The molecule has 2 N–H and O–H groups in total. The summed E-state index contributed by atoms with van der Waals surface area (Å²) in [6, 6.07) is 10.2. The molecular formula is C16H22N4O2. The number of aliphatic hydroxyl groups is 1. The van der Waals surface area contributed by atoms with Crippen LogP contribution in [0.15, 0.2) is 34.9 Å². The van der Waals surface area contributed by atoms with Gasteiger partial charge in [0.25, 0.3) is 0 Å². The van der Waals surface area contributed by atoms with Gasteiger partial charge in [0, 0.05) is 25.3 Å². The number of piperidine rings is 1. The Hall–Kier alpha value is -1.92. The molecule has 0 saturated carbocycles. The fourth-order valence-electron chi connectivity index (χ4n) is 2.71. The van der Waals surface area contributed by atoms with E-state index in [4.69, 9.17) is 9.63 Å². The molecule has 0 unspecified atom stereocenters. The molecule has 118 valence electrons. The Morgan fingerprint density at radius 2 is 2.00 bits per heavy atom. The van der Waals surface area contributed by atoms with E-state index < -0.39 is 0 Å². The first-order valence-corrected chi connectivity index (χ1v) is 7.81. The number of nitrogens with one attached hydrogen (secondary N) is 1. The molecular weight excluding hydrogens is 280 g/mol. The van der Waals surface area contributed by atoms with Crippen molar-refractivity contribution >= 4 is 6.01 Å². The lowest BCUT2D eigenvalue weighted by Crippen LogP contribution is -2.37. The zero-order chi connectivity index (χ0) is 15.2. The molecule has 2 heterocycles. The monoisotopic (exact) mass is 302 g/mol. The normalized spacial score (nSPS) is 16.8. The van der Waals surface area contributed by atoms with Crippen LogP contribution < -0.4 is 5.32 Å². The average Bonchev–Trinajstić information content (AvgIpc) is 3.05. The van der Waals surface area contributed by atoms with Crippen LogP contribution in [0.1, 0.15) is 12.8 Å². The zero-order valence-corrected chi connectivity index (χ0v) is 12.6. The number of hydrogen-bond donors (Lipinski definition) is 2. The first kappa shape index (κ1) is 15.0. The largest absolute Gasteiger partial charge is 0.396 e. The standard InChI is InChI=1S/C16H22N4O2/c21-12-13-6-9-20(10-7-13)11-8-17-16-18-15(19-22-16)14-4-2-1-3-5-14/h1-5,13,21H,6-12H2,(H,17,18,19). The second-order valence-electron chi connectivity index (χ2n) is 5.68. The fraction of sp³-hybridized carbons (Fsp3) is 0.500. The Balaban J connectivity index is 1.44. The quantitative estimate of drug-likeness (QED) is 0.848. The van der Waals surface area contributed by atoms with Gasteiger partial charge in [-0.15, -0.1) is 0 Å². The van der Waals surface area contributed by atoms with Gasteiger partial charge < -0.3 is 19.8 Å². The number of aromatic nitrogens is 2. The average molecular weight is 302 g/mol. The first-order valence-electron chi connectivity index (χ1n) is 7.81. The van der Waals surface area contributed by atoms with Crippen LogP contribution >= 0.6 is 0 Å². The number of nitrogens with zero attached hydrogens (tertiary/aromatic N) is 3. The minimum Gasteiger partial charge on any atom is -0.396 e. The van der Waals surface area contributed by atoms with Gasteiger partial charge in [-0.2, -0.15) is 4.98 Å². The molecule has 1 saturated heterocycles. The third-order valence-electron chi connectivity index (χ3n) is 4.13. The van der Waals surface area contributed by atoms with E-state index in [0.717, 1.165) is 44.6 Å². The summed E-state index contributed by atoms with van der Waals surface area (Å²) in [5, 5.41) is 16.3. The van der Waals surface area contributed by atoms with E-state index in [-0.39, 0.29) is 0 Å². The third kappa shape index (κ3) is 3.84. The molecule has 1 aliphatic heterocycles. The SMILES string of the molecule is OCC1CCN(CCNc2nc(-c3ccccc3)no2)CC1. The van der Waals surface area contributed by atoms with Crippen LogP contribution in [0.3, 0.4) is 0 Å². The highest BCUT2D eigenvalue weighted by molar-refractivity contribution is 5.54. The number of rotatable bonds is 6. The molecule has 6 heteroatoms. The lowest BCUT2D eigenvalue weighted by atomic mass is 9.98. The number of likely N-dealkylation sites (tertiary alicyclic amines) is 1. The van der Waals surface area contributed by atoms with E-state index >= 15 is 0 Å². The second-order valence-corrected chi connectivity index (χ2v) is 5.68. The van der Waals surface area contributed by atoms with Gasteiger partial charge in [-0.1, -0.05) is 35.5 Å². The summed E-state index contributed by atoms with van der Waals surface area (Å²) in [5.41, 5.74) is 0.949. The van der Waals surface area contributed by atoms with Gasteiger partial charge in [0.1, 0.15) is 0 Å². The van der Waals surface area contributed by atoms with E-state index in [1.807, 2.05) is 30.3 Å². The molecule has 1 aromatic heterocycles. The predicted octanol–water partition coefficient (Wildman–Crippen LogP) is 1.85. The fourth-order valence-corrected chi connectivity index (χ4v) is 2.71. The van der Waals surface area contributed by atoms with Crippen molar-refractivity contribution in [3.63, 3.8) is 0 Å². The van der Waals surface area contributed by atoms with Crippen molar-refractivity contribution in [3.05, 3.63) is 30.3 Å². The molecule has 1 aromatic carbocycles. The zero-order valence-electron chi connectivity index (χ0n) is 12.6. The van der Waals surface area contributed by atoms with Gasteiger partial charge in [-0.25, -0.2) is 0 Å². The topological polar surface area (TPSA) is 74.4 Å². The van der Waals surface area contributed by atoms with Crippen LogP contribution in [0.2, 0.25) is 0 Å². The summed E-state index contributed by atoms with van der Waals surface area (Å²) < 4.78 is 5.22. The van der Waals surface area contributed by atoms with Crippen LogP contribution in [0.5, 0.6) is 0 Å². The van der Waals surface area contributed by atoms with Gasteiger partial charge in [-0.05, 0) is 31.8 Å². The summed E-state index contributed by atoms with van der Waals surface area (Å²) in [6.07, 6.45) is 2.16. The maximum Gasteiger partial charge on any atom is 0.321 e. The summed E-state index contributed by atoms with van der Waals surface area (Å²) in [4.78, 5) is 6.74. The van der Waals surface area contributed by atoms with Gasteiger partial charge in [0.05, 0.1) is 0 Å². The Kier molecular flexibility index (Phi) is 5.03. The van der Waals surface area contributed by atoms with Gasteiger partial charge in [0.15, 0.2) is 0 Å². The van der Waals surface area contributed by atoms with Crippen LogP contribution in [0.4, 0.5) is 6.01 Å². The summed E-state index contributed by atoms with van der Waals surface area (Å²) in [6.45, 7) is 4.13. The van der Waals surface area contributed by atoms with E-state index in [1.54, 1.807) is 0 Å². The third-order valence-corrected chi connectivity index (χ3v) is 4.13. The number of hydrogen-bond acceptors (Lipinski definition) is 6. The minimum atomic E-state index is 0.316. The van der Waals surface area contributed by atoms with Gasteiger partial charge in [-0.3, -0.25) is 0 Å². The Labute approximate surface area is 130 Å². The first-order chi connectivity index (χ1) is 10.8. The van der Waals surface area contributed by atoms with Crippen LogP contribution in [0.25, 0.3) is 11.4 Å².